The van der Waals surface area contributed by atoms with Gasteiger partial charge in [0.2, 0.25) is 5.91 Å². The Morgan fingerprint density at radius 3 is 2.54 bits per heavy atom. The average Bonchev–Trinajstić information content (AvgIpc) is 3.19. The van der Waals surface area contributed by atoms with Gasteiger partial charge in [0.25, 0.3) is 5.91 Å². The van der Waals surface area contributed by atoms with E-state index in [0.29, 0.717) is 11.6 Å². The van der Waals surface area contributed by atoms with Gasteiger partial charge in [-0.2, -0.15) is 0 Å². The van der Waals surface area contributed by atoms with Crippen molar-refractivity contribution < 1.29 is 14.0 Å². The summed E-state index contributed by atoms with van der Waals surface area (Å²) in [5.74, 6) is -0.697. The Morgan fingerprint density at radius 2 is 1.82 bits per heavy atom. The van der Waals surface area contributed by atoms with Gasteiger partial charge < -0.3 is 10.2 Å². The van der Waals surface area contributed by atoms with Gasteiger partial charge in [-0.25, -0.2) is 9.37 Å². The number of rotatable bonds is 7. The number of carbonyl (C=O) groups is 2. The first-order valence-electron chi connectivity index (χ1n) is 8.80. The maximum absolute atomic E-state index is 13.0. The molecule has 0 saturated heterocycles. The molecule has 0 aliphatic carbocycles. The Hall–Kier alpha value is -3.06. The SMILES string of the molecule is CN(Cc1ccccc1)C(=O)CCNC(=O)c1csc(-c2ccc(F)cc2)n1. The Morgan fingerprint density at radius 1 is 1.11 bits per heavy atom. The lowest BCUT2D eigenvalue weighted by atomic mass is 10.2. The predicted molar refractivity (Wildman–Crippen MR) is 107 cm³/mol. The molecule has 1 N–H and O–H groups in total. The van der Waals surface area contributed by atoms with Crippen LogP contribution in [0.4, 0.5) is 4.39 Å². The van der Waals surface area contributed by atoms with Crippen LogP contribution in [0.25, 0.3) is 10.6 Å². The molecule has 0 atom stereocenters. The van der Waals surface area contributed by atoms with Crippen molar-refractivity contribution in [3.63, 3.8) is 0 Å². The van der Waals surface area contributed by atoms with E-state index < -0.39 is 0 Å². The first-order valence-corrected chi connectivity index (χ1v) is 9.68. The van der Waals surface area contributed by atoms with E-state index in [-0.39, 0.29) is 36.3 Å². The first-order chi connectivity index (χ1) is 13.5. The van der Waals surface area contributed by atoms with E-state index in [4.69, 9.17) is 0 Å². The number of aromatic nitrogens is 1. The third-order valence-corrected chi connectivity index (χ3v) is 5.03. The molecule has 0 bridgehead atoms. The van der Waals surface area contributed by atoms with Gasteiger partial charge >= 0.3 is 0 Å². The minimum absolute atomic E-state index is 0.0468. The molecule has 0 radical (unpaired) electrons. The highest BCUT2D eigenvalue weighted by molar-refractivity contribution is 7.13. The van der Waals surface area contributed by atoms with Crippen LogP contribution >= 0.6 is 11.3 Å². The zero-order chi connectivity index (χ0) is 19.9. The molecule has 0 aliphatic heterocycles. The highest BCUT2D eigenvalue weighted by Gasteiger charge is 2.14. The smallest absolute Gasteiger partial charge is 0.270 e. The van der Waals surface area contributed by atoms with Crippen molar-refractivity contribution in [2.24, 2.45) is 0 Å². The van der Waals surface area contributed by atoms with E-state index in [0.717, 1.165) is 11.1 Å². The lowest BCUT2D eigenvalue weighted by Crippen LogP contribution is -2.32. The molecular weight excluding hydrogens is 377 g/mol. The van der Waals surface area contributed by atoms with Gasteiger partial charge in [0.15, 0.2) is 0 Å². The molecule has 0 saturated carbocycles. The van der Waals surface area contributed by atoms with Gasteiger partial charge in [-0.1, -0.05) is 30.3 Å². The normalized spacial score (nSPS) is 10.5. The number of carbonyl (C=O) groups excluding carboxylic acids is 2. The van der Waals surface area contributed by atoms with Crippen LogP contribution in [0, 0.1) is 5.82 Å². The molecule has 2 aromatic carbocycles. The highest BCUT2D eigenvalue weighted by Crippen LogP contribution is 2.23. The van der Waals surface area contributed by atoms with Gasteiger partial charge in [0, 0.05) is 37.5 Å². The zero-order valence-electron chi connectivity index (χ0n) is 15.4. The Labute approximate surface area is 166 Å². The van der Waals surface area contributed by atoms with Crippen molar-refractivity contribution in [2.45, 2.75) is 13.0 Å². The number of nitrogens with zero attached hydrogens (tertiary/aromatic N) is 2. The number of benzene rings is 2. The van der Waals surface area contributed by atoms with Crippen LogP contribution in [0.5, 0.6) is 0 Å². The summed E-state index contributed by atoms with van der Waals surface area (Å²) in [6, 6.07) is 15.7. The second-order valence-electron chi connectivity index (χ2n) is 6.29. The standard InChI is InChI=1S/C21H20FN3O2S/c1-25(13-15-5-3-2-4-6-15)19(26)11-12-23-20(27)18-14-28-21(24-18)16-7-9-17(22)10-8-16/h2-10,14H,11-13H2,1H3,(H,23,27). The minimum Gasteiger partial charge on any atom is -0.350 e. The summed E-state index contributed by atoms with van der Waals surface area (Å²) in [6.07, 6.45) is 0.212. The molecular formula is C21H20FN3O2S. The van der Waals surface area contributed by atoms with Gasteiger partial charge in [-0.05, 0) is 29.8 Å². The van der Waals surface area contributed by atoms with Crippen LogP contribution in [0.3, 0.4) is 0 Å². The second kappa shape index (κ2) is 9.23. The molecule has 3 rings (SSSR count). The molecule has 0 fully saturated rings. The van der Waals surface area contributed by atoms with E-state index in [9.17, 15) is 14.0 Å². The number of nitrogens with one attached hydrogen (secondary N) is 1. The number of hydrogen-bond acceptors (Lipinski definition) is 4. The van der Waals surface area contributed by atoms with E-state index in [1.54, 1.807) is 29.5 Å². The topological polar surface area (TPSA) is 62.3 Å². The summed E-state index contributed by atoms with van der Waals surface area (Å²) in [7, 11) is 1.74. The van der Waals surface area contributed by atoms with E-state index in [1.807, 2.05) is 30.3 Å². The minimum atomic E-state index is -0.330. The second-order valence-corrected chi connectivity index (χ2v) is 7.14. The third-order valence-electron chi connectivity index (χ3n) is 4.14. The van der Waals surface area contributed by atoms with E-state index in [1.165, 1.54) is 23.5 Å². The summed E-state index contributed by atoms with van der Waals surface area (Å²) < 4.78 is 13.0. The lowest BCUT2D eigenvalue weighted by Gasteiger charge is -2.17. The van der Waals surface area contributed by atoms with Gasteiger partial charge in [-0.15, -0.1) is 11.3 Å². The van der Waals surface area contributed by atoms with Crippen LogP contribution in [-0.4, -0.2) is 35.3 Å². The first kappa shape index (κ1) is 19.7. The summed E-state index contributed by atoms with van der Waals surface area (Å²) in [6.45, 7) is 0.765. The monoisotopic (exact) mass is 397 g/mol. The van der Waals surface area contributed by atoms with Crippen molar-refractivity contribution in [2.75, 3.05) is 13.6 Å². The molecule has 28 heavy (non-hydrogen) atoms. The predicted octanol–water partition coefficient (Wildman–Crippen LogP) is 3.73. The third kappa shape index (κ3) is 5.23. The molecule has 5 nitrogen and oxygen atoms in total. The molecule has 1 aromatic heterocycles. The molecule has 0 aliphatic rings. The summed E-state index contributed by atoms with van der Waals surface area (Å²) in [5, 5.41) is 5.01. The van der Waals surface area contributed by atoms with Crippen molar-refractivity contribution in [3.05, 3.63) is 77.1 Å². The number of hydrogen-bond donors (Lipinski definition) is 1. The number of thiazole rings is 1. The van der Waals surface area contributed by atoms with Gasteiger partial charge in [0.05, 0.1) is 0 Å². The molecule has 3 aromatic rings. The largest absolute Gasteiger partial charge is 0.350 e. The Kier molecular flexibility index (Phi) is 6.49. The number of halogens is 1. The van der Waals surface area contributed by atoms with E-state index >= 15 is 0 Å². The molecule has 144 valence electrons. The van der Waals surface area contributed by atoms with E-state index in [2.05, 4.69) is 10.3 Å². The van der Waals surface area contributed by atoms with Crippen LogP contribution in [0.15, 0.2) is 60.0 Å². The van der Waals surface area contributed by atoms with Crippen molar-refractivity contribution in [1.29, 1.82) is 0 Å². The van der Waals surface area contributed by atoms with Gasteiger partial charge in [0.1, 0.15) is 16.5 Å². The molecule has 1 heterocycles. The average molecular weight is 397 g/mol. The van der Waals surface area contributed by atoms with Crippen LogP contribution in [0.1, 0.15) is 22.5 Å². The van der Waals surface area contributed by atoms with Crippen molar-refractivity contribution >= 4 is 23.2 Å². The zero-order valence-corrected chi connectivity index (χ0v) is 16.2. The fourth-order valence-corrected chi connectivity index (χ4v) is 3.42. The quantitative estimate of drug-likeness (QED) is 0.661. The maximum Gasteiger partial charge on any atom is 0.270 e. The van der Waals surface area contributed by atoms with Crippen molar-refractivity contribution in [1.82, 2.24) is 15.2 Å². The van der Waals surface area contributed by atoms with Crippen molar-refractivity contribution in [3.8, 4) is 10.6 Å². The summed E-state index contributed by atoms with van der Waals surface area (Å²) in [4.78, 5) is 30.4. The fraction of sp³-hybridized carbons (Fsp3) is 0.190. The Balaban J connectivity index is 1.48. The Bertz CT molecular complexity index is 942. The molecule has 7 heteroatoms. The maximum atomic E-state index is 13.0. The number of amides is 2. The van der Waals surface area contributed by atoms with Crippen LogP contribution < -0.4 is 5.32 Å². The highest BCUT2D eigenvalue weighted by atomic mass is 32.1. The van der Waals surface area contributed by atoms with Gasteiger partial charge in [-0.3, -0.25) is 9.59 Å². The molecule has 2 amide bonds. The van der Waals surface area contributed by atoms with Crippen LogP contribution in [-0.2, 0) is 11.3 Å². The lowest BCUT2D eigenvalue weighted by molar-refractivity contribution is -0.130. The fourth-order valence-electron chi connectivity index (χ4n) is 2.61. The molecule has 0 spiro atoms. The summed E-state index contributed by atoms with van der Waals surface area (Å²) >= 11 is 1.31. The summed E-state index contributed by atoms with van der Waals surface area (Å²) in [5.41, 5.74) is 2.09. The molecule has 0 unspecified atom stereocenters. The van der Waals surface area contributed by atoms with Crippen LogP contribution in [0.2, 0.25) is 0 Å².